The van der Waals surface area contributed by atoms with Crippen LogP contribution in [0.3, 0.4) is 0 Å². The lowest BCUT2D eigenvalue weighted by molar-refractivity contribution is -0.131. The molecule has 2 fully saturated rings. The number of hydrogen-bond acceptors (Lipinski definition) is 2. The number of nitrogens with zero attached hydrogens (tertiary/aromatic N) is 2. The number of carbonyl (C=O) groups is 1. The minimum Gasteiger partial charge on any atom is -0.344 e. The quantitative estimate of drug-likeness (QED) is 0.783. The van der Waals surface area contributed by atoms with E-state index in [1.54, 1.807) is 0 Å². The average Bonchev–Trinajstić information content (AvgIpc) is 3.30. The molecule has 2 atom stereocenters. The maximum absolute atomic E-state index is 12.9. The standard InChI is InChI=1S/C21H23N3O/c1-23-18-5-3-2-4-16(18)17-10-14(6-7-19(17)23)11-21(25)24-9-8-15-12-22-13-20(15)24/h2-7,10,15,20,22H,8-9,11-13H2,1H3. The van der Waals surface area contributed by atoms with Crippen LogP contribution in [0.2, 0.25) is 0 Å². The molecule has 2 aliphatic heterocycles. The van der Waals surface area contributed by atoms with Gasteiger partial charge >= 0.3 is 0 Å². The number of benzene rings is 2. The van der Waals surface area contributed by atoms with Crippen molar-refractivity contribution in [3.63, 3.8) is 0 Å². The number of carbonyl (C=O) groups excluding carboxylic acids is 1. The third-order valence-corrected chi connectivity index (χ3v) is 6.10. The number of aromatic nitrogens is 1. The van der Waals surface area contributed by atoms with Gasteiger partial charge in [0, 0.05) is 54.5 Å². The van der Waals surface area contributed by atoms with Crippen LogP contribution < -0.4 is 5.32 Å². The molecule has 0 aliphatic carbocycles. The van der Waals surface area contributed by atoms with E-state index in [0.717, 1.165) is 31.6 Å². The summed E-state index contributed by atoms with van der Waals surface area (Å²) < 4.78 is 2.23. The number of aryl methyl sites for hydroxylation is 1. The zero-order valence-electron chi connectivity index (χ0n) is 14.5. The number of para-hydroxylation sites is 1. The van der Waals surface area contributed by atoms with E-state index < -0.39 is 0 Å². The Morgan fingerprint density at radius 2 is 1.96 bits per heavy atom. The summed E-state index contributed by atoms with van der Waals surface area (Å²) in [5.41, 5.74) is 3.57. The number of hydrogen-bond donors (Lipinski definition) is 1. The summed E-state index contributed by atoms with van der Waals surface area (Å²) in [6, 6.07) is 15.4. The van der Waals surface area contributed by atoms with Gasteiger partial charge in [-0.15, -0.1) is 0 Å². The lowest BCUT2D eigenvalue weighted by atomic mass is 10.0. The first-order valence-electron chi connectivity index (χ1n) is 9.18. The second-order valence-corrected chi connectivity index (χ2v) is 7.47. The van der Waals surface area contributed by atoms with Gasteiger partial charge < -0.3 is 14.8 Å². The van der Waals surface area contributed by atoms with Gasteiger partial charge in [-0.1, -0.05) is 24.3 Å². The van der Waals surface area contributed by atoms with Crippen molar-refractivity contribution < 1.29 is 4.79 Å². The molecule has 2 aliphatic rings. The van der Waals surface area contributed by atoms with Crippen molar-refractivity contribution in [1.82, 2.24) is 14.8 Å². The summed E-state index contributed by atoms with van der Waals surface area (Å²) in [4.78, 5) is 15.0. The van der Waals surface area contributed by atoms with E-state index in [0.29, 0.717) is 18.4 Å². The first kappa shape index (κ1) is 15.0. The van der Waals surface area contributed by atoms with Crippen LogP contribution in [0.25, 0.3) is 21.8 Å². The Morgan fingerprint density at radius 3 is 2.88 bits per heavy atom. The van der Waals surface area contributed by atoms with Gasteiger partial charge in [0.25, 0.3) is 0 Å². The maximum atomic E-state index is 12.9. The molecule has 0 saturated carbocycles. The van der Waals surface area contributed by atoms with Gasteiger partial charge in [-0.05, 0) is 36.1 Å². The van der Waals surface area contributed by atoms with Crippen molar-refractivity contribution in [2.45, 2.75) is 18.9 Å². The molecule has 2 aromatic carbocycles. The van der Waals surface area contributed by atoms with Gasteiger partial charge in [-0.25, -0.2) is 0 Å². The molecule has 0 spiro atoms. The Bertz CT molecular complexity index is 974. The van der Waals surface area contributed by atoms with Crippen molar-refractivity contribution in [2.75, 3.05) is 19.6 Å². The zero-order chi connectivity index (χ0) is 17.0. The summed E-state index contributed by atoms with van der Waals surface area (Å²) in [7, 11) is 2.10. The van der Waals surface area contributed by atoms with Crippen molar-refractivity contribution in [3.05, 3.63) is 48.0 Å². The Labute approximate surface area is 147 Å². The molecule has 4 nitrogen and oxygen atoms in total. The van der Waals surface area contributed by atoms with Crippen LogP contribution in [0.15, 0.2) is 42.5 Å². The first-order chi connectivity index (χ1) is 12.2. The van der Waals surface area contributed by atoms with Gasteiger partial charge in [-0.3, -0.25) is 4.79 Å². The Hall–Kier alpha value is -2.33. The Morgan fingerprint density at radius 1 is 1.12 bits per heavy atom. The monoisotopic (exact) mass is 333 g/mol. The highest BCUT2D eigenvalue weighted by molar-refractivity contribution is 6.08. The van der Waals surface area contributed by atoms with Gasteiger partial charge in [-0.2, -0.15) is 0 Å². The fourth-order valence-electron chi connectivity index (χ4n) is 4.76. The SMILES string of the molecule is Cn1c2ccccc2c2cc(CC(=O)N3CCC4CNCC43)ccc21. The fourth-order valence-corrected chi connectivity index (χ4v) is 4.76. The summed E-state index contributed by atoms with van der Waals surface area (Å²) in [6.07, 6.45) is 1.65. The Kier molecular flexibility index (Phi) is 3.35. The van der Waals surface area contributed by atoms with E-state index in [-0.39, 0.29) is 5.91 Å². The highest BCUT2D eigenvalue weighted by atomic mass is 16.2. The minimum atomic E-state index is 0.274. The molecule has 4 heteroatoms. The third kappa shape index (κ3) is 2.28. The van der Waals surface area contributed by atoms with Gasteiger partial charge in [0.1, 0.15) is 0 Å². The van der Waals surface area contributed by atoms with Crippen LogP contribution in [0.4, 0.5) is 0 Å². The second-order valence-electron chi connectivity index (χ2n) is 7.47. The van der Waals surface area contributed by atoms with Crippen LogP contribution in [-0.4, -0.2) is 41.1 Å². The van der Waals surface area contributed by atoms with E-state index in [4.69, 9.17) is 0 Å². The zero-order valence-corrected chi connectivity index (χ0v) is 14.5. The van der Waals surface area contributed by atoms with Crippen LogP contribution in [0, 0.1) is 5.92 Å². The molecular formula is C21H23N3O. The molecule has 0 bridgehead atoms. The Balaban J connectivity index is 1.47. The van der Waals surface area contributed by atoms with Crippen LogP contribution >= 0.6 is 0 Å². The number of rotatable bonds is 2. The molecule has 2 saturated heterocycles. The molecule has 128 valence electrons. The fraction of sp³-hybridized carbons (Fsp3) is 0.381. The van der Waals surface area contributed by atoms with E-state index in [9.17, 15) is 4.79 Å². The summed E-state index contributed by atoms with van der Waals surface area (Å²) in [5, 5.41) is 5.92. The maximum Gasteiger partial charge on any atom is 0.227 e. The molecule has 1 aromatic heterocycles. The lowest BCUT2D eigenvalue weighted by Gasteiger charge is -2.23. The predicted octanol–water partition coefficient (Wildman–Crippen LogP) is 2.69. The van der Waals surface area contributed by atoms with E-state index >= 15 is 0 Å². The van der Waals surface area contributed by atoms with Crippen LogP contribution in [0.1, 0.15) is 12.0 Å². The van der Waals surface area contributed by atoms with E-state index in [1.807, 2.05) is 0 Å². The number of fused-ring (bicyclic) bond motifs is 4. The molecule has 3 aromatic rings. The highest BCUT2D eigenvalue weighted by Gasteiger charge is 2.39. The number of amides is 1. The number of nitrogens with one attached hydrogen (secondary N) is 1. The smallest absolute Gasteiger partial charge is 0.227 e. The van der Waals surface area contributed by atoms with Gasteiger partial charge in [0.2, 0.25) is 5.91 Å². The highest BCUT2D eigenvalue weighted by Crippen LogP contribution is 2.30. The molecule has 5 rings (SSSR count). The normalized spacial score (nSPS) is 22.8. The molecule has 1 N–H and O–H groups in total. The molecule has 3 heterocycles. The second kappa shape index (κ2) is 5.60. The van der Waals surface area contributed by atoms with Gasteiger partial charge in [0.15, 0.2) is 0 Å². The topological polar surface area (TPSA) is 37.3 Å². The van der Waals surface area contributed by atoms with Crippen molar-refractivity contribution >= 4 is 27.7 Å². The first-order valence-corrected chi connectivity index (χ1v) is 9.18. The summed E-state index contributed by atoms with van der Waals surface area (Å²) in [5.74, 6) is 0.931. The molecule has 2 unspecified atom stereocenters. The summed E-state index contributed by atoms with van der Waals surface area (Å²) in [6.45, 7) is 2.95. The van der Waals surface area contributed by atoms with Crippen molar-refractivity contribution in [2.24, 2.45) is 13.0 Å². The molecule has 0 radical (unpaired) electrons. The minimum absolute atomic E-state index is 0.274. The van der Waals surface area contributed by atoms with Crippen molar-refractivity contribution in [3.8, 4) is 0 Å². The van der Waals surface area contributed by atoms with Crippen molar-refractivity contribution in [1.29, 1.82) is 0 Å². The molecular weight excluding hydrogens is 310 g/mol. The van der Waals surface area contributed by atoms with Gasteiger partial charge in [0.05, 0.1) is 6.42 Å². The van der Waals surface area contributed by atoms with E-state index in [1.165, 1.54) is 21.8 Å². The third-order valence-electron chi connectivity index (χ3n) is 6.10. The van der Waals surface area contributed by atoms with E-state index in [2.05, 4.69) is 64.3 Å². The number of likely N-dealkylation sites (tertiary alicyclic amines) is 1. The molecule has 25 heavy (non-hydrogen) atoms. The van der Waals surface area contributed by atoms with Crippen LogP contribution in [0.5, 0.6) is 0 Å². The predicted molar refractivity (Wildman–Crippen MR) is 101 cm³/mol. The molecule has 1 amide bonds. The average molecular weight is 333 g/mol. The lowest BCUT2D eigenvalue weighted by Crippen LogP contribution is -2.39. The largest absolute Gasteiger partial charge is 0.344 e. The summed E-state index contributed by atoms with van der Waals surface area (Å²) >= 11 is 0. The van der Waals surface area contributed by atoms with Crippen LogP contribution in [-0.2, 0) is 18.3 Å².